The molecule has 0 fully saturated rings. The van der Waals surface area contributed by atoms with Gasteiger partial charge in [-0.05, 0) is 18.2 Å². The molecule has 1 aromatic carbocycles. The SMILES string of the molecule is COc1ccc(C(=O)O)c2oc(C=O)cc12. The predicted molar refractivity (Wildman–Crippen MR) is 55.1 cm³/mol. The number of carbonyl (C=O) groups excluding carboxylic acids is 1. The van der Waals surface area contributed by atoms with Gasteiger partial charge in [-0.15, -0.1) is 0 Å². The number of methoxy groups -OCH3 is 1. The van der Waals surface area contributed by atoms with E-state index in [1.54, 1.807) is 0 Å². The molecule has 1 heterocycles. The van der Waals surface area contributed by atoms with Gasteiger partial charge in [-0.2, -0.15) is 0 Å². The van der Waals surface area contributed by atoms with Gasteiger partial charge in [0, 0.05) is 0 Å². The third-order valence-corrected chi connectivity index (χ3v) is 2.23. The second-order valence-corrected chi connectivity index (χ2v) is 3.13. The molecule has 2 rings (SSSR count). The van der Waals surface area contributed by atoms with Crippen LogP contribution in [0.15, 0.2) is 22.6 Å². The van der Waals surface area contributed by atoms with Crippen LogP contribution < -0.4 is 4.74 Å². The number of hydrogen-bond donors (Lipinski definition) is 1. The van der Waals surface area contributed by atoms with Crippen molar-refractivity contribution in [2.24, 2.45) is 0 Å². The second kappa shape index (κ2) is 3.69. The third kappa shape index (κ3) is 1.42. The molecule has 1 N–H and O–H groups in total. The van der Waals surface area contributed by atoms with Crippen molar-refractivity contribution in [2.45, 2.75) is 0 Å². The predicted octanol–water partition coefficient (Wildman–Crippen LogP) is 1.95. The summed E-state index contributed by atoms with van der Waals surface area (Å²) in [7, 11) is 1.46. The maximum Gasteiger partial charge on any atom is 0.339 e. The molecule has 0 radical (unpaired) electrons. The topological polar surface area (TPSA) is 76.7 Å². The van der Waals surface area contributed by atoms with Crippen molar-refractivity contribution >= 4 is 23.2 Å². The van der Waals surface area contributed by atoms with E-state index in [2.05, 4.69) is 0 Å². The lowest BCUT2D eigenvalue weighted by molar-refractivity contribution is 0.0697. The molecule has 0 aliphatic rings. The van der Waals surface area contributed by atoms with Crippen molar-refractivity contribution in [1.29, 1.82) is 0 Å². The van der Waals surface area contributed by atoms with Crippen molar-refractivity contribution in [1.82, 2.24) is 0 Å². The fraction of sp³-hybridized carbons (Fsp3) is 0.0909. The molecule has 5 heteroatoms. The highest BCUT2D eigenvalue weighted by molar-refractivity contribution is 6.04. The number of carboxylic acids is 1. The second-order valence-electron chi connectivity index (χ2n) is 3.13. The number of aldehydes is 1. The first-order valence-electron chi connectivity index (χ1n) is 4.46. The van der Waals surface area contributed by atoms with Gasteiger partial charge in [0.05, 0.1) is 12.5 Å². The van der Waals surface area contributed by atoms with E-state index in [4.69, 9.17) is 14.3 Å². The Hall–Kier alpha value is -2.30. The highest BCUT2D eigenvalue weighted by Gasteiger charge is 2.16. The molecule has 0 amide bonds. The lowest BCUT2D eigenvalue weighted by atomic mass is 10.1. The molecule has 0 bridgehead atoms. The lowest BCUT2D eigenvalue weighted by Crippen LogP contribution is -1.97. The number of fused-ring (bicyclic) bond motifs is 1. The van der Waals surface area contributed by atoms with Gasteiger partial charge in [-0.1, -0.05) is 0 Å². The quantitative estimate of drug-likeness (QED) is 0.800. The van der Waals surface area contributed by atoms with Crippen LogP contribution in [0, 0.1) is 0 Å². The molecule has 2 aromatic rings. The van der Waals surface area contributed by atoms with E-state index in [9.17, 15) is 9.59 Å². The Kier molecular flexibility index (Phi) is 2.36. The molecule has 82 valence electrons. The zero-order valence-corrected chi connectivity index (χ0v) is 8.39. The molecular formula is C11H8O5. The first-order valence-corrected chi connectivity index (χ1v) is 4.46. The number of aromatic carboxylic acids is 1. The molecule has 1 aromatic heterocycles. The molecule has 0 spiro atoms. The summed E-state index contributed by atoms with van der Waals surface area (Å²) in [4.78, 5) is 21.5. The number of hydrogen-bond acceptors (Lipinski definition) is 4. The molecule has 16 heavy (non-hydrogen) atoms. The van der Waals surface area contributed by atoms with Crippen LogP contribution >= 0.6 is 0 Å². The van der Waals surface area contributed by atoms with Crippen LogP contribution in [0.3, 0.4) is 0 Å². The maximum absolute atomic E-state index is 10.9. The van der Waals surface area contributed by atoms with Crippen LogP contribution in [0.4, 0.5) is 0 Å². The zero-order chi connectivity index (χ0) is 11.7. The average molecular weight is 220 g/mol. The van der Waals surface area contributed by atoms with E-state index in [0.717, 1.165) is 0 Å². The Bertz CT molecular complexity index is 567. The normalized spacial score (nSPS) is 10.3. The van der Waals surface area contributed by atoms with Crippen molar-refractivity contribution in [2.75, 3.05) is 7.11 Å². The summed E-state index contributed by atoms with van der Waals surface area (Å²) in [5.41, 5.74) is 0.151. The largest absolute Gasteiger partial charge is 0.496 e. The van der Waals surface area contributed by atoms with E-state index in [-0.39, 0.29) is 16.9 Å². The van der Waals surface area contributed by atoms with E-state index in [1.807, 2.05) is 0 Å². The van der Waals surface area contributed by atoms with Crippen LogP contribution in [0.25, 0.3) is 11.0 Å². The first kappa shape index (κ1) is 10.2. The minimum Gasteiger partial charge on any atom is -0.496 e. The molecule has 0 saturated heterocycles. The van der Waals surface area contributed by atoms with E-state index in [1.165, 1.54) is 25.3 Å². The molecular weight excluding hydrogens is 212 g/mol. The van der Waals surface area contributed by atoms with Crippen LogP contribution in [0.1, 0.15) is 20.9 Å². The number of rotatable bonds is 3. The highest BCUT2D eigenvalue weighted by atomic mass is 16.5. The van der Waals surface area contributed by atoms with Gasteiger partial charge in [0.15, 0.2) is 17.6 Å². The van der Waals surface area contributed by atoms with Crippen LogP contribution in [0.5, 0.6) is 5.75 Å². The van der Waals surface area contributed by atoms with Gasteiger partial charge in [-0.3, -0.25) is 4.79 Å². The third-order valence-electron chi connectivity index (χ3n) is 2.23. The summed E-state index contributed by atoms with van der Waals surface area (Å²) >= 11 is 0. The minimum absolute atomic E-state index is 0.00361. The summed E-state index contributed by atoms with van der Waals surface area (Å²) in [6.07, 6.45) is 0.519. The molecule has 0 saturated carbocycles. The Morgan fingerprint density at radius 1 is 1.50 bits per heavy atom. The van der Waals surface area contributed by atoms with E-state index >= 15 is 0 Å². The summed E-state index contributed by atoms with van der Waals surface area (Å²) in [5, 5.41) is 9.42. The number of ether oxygens (including phenoxy) is 1. The van der Waals surface area contributed by atoms with Crippen LogP contribution in [0.2, 0.25) is 0 Å². The summed E-state index contributed by atoms with van der Waals surface area (Å²) in [6, 6.07) is 4.35. The molecule has 0 aliphatic heterocycles. The van der Waals surface area contributed by atoms with Crippen molar-refractivity contribution in [3.63, 3.8) is 0 Å². The van der Waals surface area contributed by atoms with Gasteiger partial charge in [0.2, 0.25) is 0 Å². The van der Waals surface area contributed by atoms with Crippen LogP contribution in [-0.2, 0) is 0 Å². The Labute approximate surface area is 90.2 Å². The Morgan fingerprint density at radius 2 is 2.25 bits per heavy atom. The van der Waals surface area contributed by atoms with Gasteiger partial charge in [0.1, 0.15) is 11.3 Å². The van der Waals surface area contributed by atoms with Crippen molar-refractivity contribution in [3.8, 4) is 5.75 Å². The smallest absolute Gasteiger partial charge is 0.339 e. The molecule has 5 nitrogen and oxygen atoms in total. The minimum atomic E-state index is -1.11. The Balaban J connectivity index is 2.82. The molecule has 0 aliphatic carbocycles. The van der Waals surface area contributed by atoms with E-state index in [0.29, 0.717) is 17.4 Å². The van der Waals surface area contributed by atoms with E-state index < -0.39 is 5.97 Å². The maximum atomic E-state index is 10.9. The fourth-order valence-electron chi connectivity index (χ4n) is 1.52. The van der Waals surface area contributed by atoms with Gasteiger partial charge >= 0.3 is 5.97 Å². The summed E-state index contributed by atoms with van der Waals surface area (Å²) < 4.78 is 10.2. The van der Waals surface area contributed by atoms with Gasteiger partial charge in [0.25, 0.3) is 0 Å². The lowest BCUT2D eigenvalue weighted by Gasteiger charge is -2.02. The number of carboxylic acid groups (broad SMARTS) is 1. The monoisotopic (exact) mass is 220 g/mol. The average Bonchev–Trinajstić information content (AvgIpc) is 2.70. The summed E-state index contributed by atoms with van der Waals surface area (Å²) in [5.74, 6) is -0.571. The zero-order valence-electron chi connectivity index (χ0n) is 8.39. The molecule has 0 unspecified atom stereocenters. The number of benzene rings is 1. The molecule has 0 atom stereocenters. The Morgan fingerprint density at radius 3 is 2.81 bits per heavy atom. The summed E-state index contributed by atoms with van der Waals surface area (Å²) in [6.45, 7) is 0. The van der Waals surface area contributed by atoms with Gasteiger partial charge in [-0.25, -0.2) is 4.79 Å². The van der Waals surface area contributed by atoms with Crippen LogP contribution in [-0.4, -0.2) is 24.5 Å². The van der Waals surface area contributed by atoms with Gasteiger partial charge < -0.3 is 14.3 Å². The fourth-order valence-corrected chi connectivity index (χ4v) is 1.52. The first-order chi connectivity index (χ1) is 7.67. The van der Waals surface area contributed by atoms with Crippen molar-refractivity contribution in [3.05, 3.63) is 29.5 Å². The number of carbonyl (C=O) groups is 2. The standard InChI is InChI=1S/C11H8O5/c1-15-9-3-2-7(11(13)14)10-8(9)4-6(5-12)16-10/h2-5H,1H3,(H,13,14). The number of furan rings is 1. The highest BCUT2D eigenvalue weighted by Crippen LogP contribution is 2.31. The van der Waals surface area contributed by atoms with Crippen molar-refractivity contribution < 1.29 is 23.8 Å².